The molecule has 0 spiro atoms. The molecule has 4 heteroatoms. The van der Waals surface area contributed by atoms with Gasteiger partial charge in [-0.15, -0.1) is 11.3 Å². The van der Waals surface area contributed by atoms with Crippen LogP contribution in [0.5, 0.6) is 0 Å². The molecule has 0 unspecified atom stereocenters. The third kappa shape index (κ3) is 2.00. The summed E-state index contributed by atoms with van der Waals surface area (Å²) in [6.07, 6.45) is 3.02. The normalized spacial score (nSPS) is 13.6. The van der Waals surface area contributed by atoms with Gasteiger partial charge < -0.3 is 0 Å². The Kier molecular flexibility index (Phi) is 2.97. The van der Waals surface area contributed by atoms with Gasteiger partial charge in [-0.2, -0.15) is 0 Å². The van der Waals surface area contributed by atoms with Crippen LogP contribution in [0, 0.1) is 18.6 Å². The summed E-state index contributed by atoms with van der Waals surface area (Å²) in [5.41, 5.74) is 1.01. The van der Waals surface area contributed by atoms with Crippen LogP contribution in [0.1, 0.15) is 37.7 Å². The molecule has 19 heavy (non-hydrogen) atoms. The highest BCUT2D eigenvalue weighted by Crippen LogP contribution is 2.32. The van der Waals surface area contributed by atoms with Crippen LogP contribution in [0.25, 0.3) is 0 Å². The van der Waals surface area contributed by atoms with Gasteiger partial charge in [-0.3, -0.25) is 4.79 Å². The highest BCUT2D eigenvalue weighted by molar-refractivity contribution is 7.14. The average molecular weight is 278 g/mol. The van der Waals surface area contributed by atoms with Gasteiger partial charge in [-0.05, 0) is 49.4 Å². The first-order valence-electron chi connectivity index (χ1n) is 6.19. The van der Waals surface area contributed by atoms with Gasteiger partial charge in [0.05, 0.1) is 10.4 Å². The van der Waals surface area contributed by atoms with Crippen LogP contribution < -0.4 is 0 Å². The van der Waals surface area contributed by atoms with E-state index in [4.69, 9.17) is 0 Å². The van der Waals surface area contributed by atoms with E-state index in [1.807, 2.05) is 0 Å². The summed E-state index contributed by atoms with van der Waals surface area (Å²) in [4.78, 5) is 13.9. The zero-order valence-electron chi connectivity index (χ0n) is 10.4. The van der Waals surface area contributed by atoms with E-state index in [2.05, 4.69) is 0 Å². The average Bonchev–Trinajstić information content (AvgIpc) is 2.94. The van der Waals surface area contributed by atoms with E-state index in [9.17, 15) is 13.6 Å². The van der Waals surface area contributed by atoms with E-state index in [0.29, 0.717) is 4.88 Å². The minimum absolute atomic E-state index is 0.286. The number of thiophene rings is 1. The molecule has 0 aliphatic heterocycles. The summed E-state index contributed by atoms with van der Waals surface area (Å²) >= 11 is 1.37. The number of rotatable bonds is 2. The maximum Gasteiger partial charge on any atom is 0.208 e. The molecule has 2 aromatic rings. The first kappa shape index (κ1) is 12.5. The first-order chi connectivity index (χ1) is 9.08. The van der Waals surface area contributed by atoms with Gasteiger partial charge in [-0.1, -0.05) is 6.07 Å². The van der Waals surface area contributed by atoms with Crippen LogP contribution in [0.4, 0.5) is 8.78 Å². The molecule has 0 saturated carbocycles. The van der Waals surface area contributed by atoms with Gasteiger partial charge in [0.2, 0.25) is 5.78 Å². The summed E-state index contributed by atoms with van der Waals surface area (Å²) in [5, 5.41) is 0. The van der Waals surface area contributed by atoms with Crippen LogP contribution in [-0.2, 0) is 12.8 Å². The summed E-state index contributed by atoms with van der Waals surface area (Å²) in [7, 11) is 0. The van der Waals surface area contributed by atoms with Gasteiger partial charge in [0.15, 0.2) is 0 Å². The second kappa shape index (κ2) is 4.53. The van der Waals surface area contributed by atoms with Gasteiger partial charge in [0.1, 0.15) is 11.6 Å². The molecule has 98 valence electrons. The lowest BCUT2D eigenvalue weighted by Crippen LogP contribution is -2.07. The number of halogens is 2. The molecule has 0 radical (unpaired) electrons. The van der Waals surface area contributed by atoms with Crippen LogP contribution in [0.15, 0.2) is 18.2 Å². The van der Waals surface area contributed by atoms with Gasteiger partial charge in [0, 0.05) is 4.88 Å². The van der Waals surface area contributed by atoms with Crippen molar-refractivity contribution in [1.82, 2.24) is 0 Å². The number of aryl methyl sites for hydroxylation is 3. The fourth-order valence-electron chi connectivity index (χ4n) is 2.43. The fraction of sp³-hybridized carbons (Fsp3) is 0.267. The first-order valence-corrected chi connectivity index (χ1v) is 7.00. The third-order valence-electron chi connectivity index (χ3n) is 3.48. The summed E-state index contributed by atoms with van der Waals surface area (Å²) in [5.74, 6) is -2.08. The number of ketones is 1. The fourth-order valence-corrected chi connectivity index (χ4v) is 3.63. The lowest BCUT2D eigenvalue weighted by Gasteiger charge is -2.05. The summed E-state index contributed by atoms with van der Waals surface area (Å²) in [6.45, 7) is 1.53. The lowest BCUT2D eigenvalue weighted by molar-refractivity contribution is 0.103. The molecule has 1 aliphatic carbocycles. The van der Waals surface area contributed by atoms with Crippen molar-refractivity contribution in [3.8, 4) is 0 Å². The molecule has 3 rings (SSSR count). The number of carbonyl (C=O) groups is 1. The van der Waals surface area contributed by atoms with Crippen molar-refractivity contribution in [2.75, 3.05) is 0 Å². The molecule has 1 aliphatic rings. The maximum absolute atomic E-state index is 13.9. The Morgan fingerprint density at radius 1 is 1.26 bits per heavy atom. The van der Waals surface area contributed by atoms with Gasteiger partial charge in [0.25, 0.3) is 0 Å². The van der Waals surface area contributed by atoms with Crippen molar-refractivity contribution in [1.29, 1.82) is 0 Å². The molecule has 0 N–H and O–H groups in total. The molecule has 1 aromatic carbocycles. The highest BCUT2D eigenvalue weighted by Gasteiger charge is 2.24. The highest BCUT2D eigenvalue weighted by atomic mass is 32.1. The number of hydrogen-bond acceptors (Lipinski definition) is 2. The minimum Gasteiger partial charge on any atom is -0.287 e. The second-order valence-electron chi connectivity index (χ2n) is 4.80. The van der Waals surface area contributed by atoms with E-state index in [0.717, 1.165) is 30.9 Å². The van der Waals surface area contributed by atoms with Crippen LogP contribution in [-0.4, -0.2) is 5.78 Å². The molecule has 0 bridgehead atoms. The zero-order chi connectivity index (χ0) is 13.6. The SMILES string of the molecule is Cc1ccc(F)c(C(=O)c2cc3c(s2)CCC3)c1F. The lowest BCUT2D eigenvalue weighted by atomic mass is 10.0. The molecule has 1 heterocycles. The van der Waals surface area contributed by atoms with Crippen molar-refractivity contribution in [2.24, 2.45) is 0 Å². The monoisotopic (exact) mass is 278 g/mol. The van der Waals surface area contributed by atoms with E-state index >= 15 is 0 Å². The van der Waals surface area contributed by atoms with Crippen molar-refractivity contribution in [2.45, 2.75) is 26.2 Å². The molecular formula is C15H12F2OS. The third-order valence-corrected chi connectivity index (χ3v) is 4.72. The minimum atomic E-state index is -0.790. The molecular weight excluding hydrogens is 266 g/mol. The Labute approximate surface area is 113 Å². The largest absolute Gasteiger partial charge is 0.287 e. The van der Waals surface area contributed by atoms with E-state index < -0.39 is 23.0 Å². The Morgan fingerprint density at radius 2 is 2.05 bits per heavy atom. The second-order valence-corrected chi connectivity index (χ2v) is 5.93. The molecule has 0 saturated heterocycles. The van der Waals surface area contributed by atoms with Crippen LogP contribution in [0.3, 0.4) is 0 Å². The summed E-state index contributed by atoms with van der Waals surface area (Å²) in [6, 6.07) is 4.28. The summed E-state index contributed by atoms with van der Waals surface area (Å²) < 4.78 is 27.7. The molecule has 0 amide bonds. The predicted molar refractivity (Wildman–Crippen MR) is 70.9 cm³/mol. The molecule has 0 atom stereocenters. The van der Waals surface area contributed by atoms with Crippen molar-refractivity contribution in [3.05, 3.63) is 56.3 Å². The number of fused-ring (bicyclic) bond motifs is 1. The Bertz CT molecular complexity index is 652. The predicted octanol–water partition coefficient (Wildman–Crippen LogP) is 4.05. The number of carbonyl (C=O) groups excluding carboxylic acids is 1. The number of benzene rings is 1. The van der Waals surface area contributed by atoms with E-state index in [1.165, 1.54) is 29.2 Å². The van der Waals surface area contributed by atoms with E-state index in [-0.39, 0.29) is 5.56 Å². The Hall–Kier alpha value is -1.55. The van der Waals surface area contributed by atoms with Gasteiger partial charge >= 0.3 is 0 Å². The maximum atomic E-state index is 13.9. The quantitative estimate of drug-likeness (QED) is 0.757. The smallest absolute Gasteiger partial charge is 0.208 e. The Balaban J connectivity index is 2.06. The van der Waals surface area contributed by atoms with Crippen molar-refractivity contribution in [3.63, 3.8) is 0 Å². The molecule has 1 aromatic heterocycles. The molecule has 0 fully saturated rings. The van der Waals surface area contributed by atoms with Gasteiger partial charge in [-0.25, -0.2) is 8.78 Å². The zero-order valence-corrected chi connectivity index (χ0v) is 11.2. The Morgan fingerprint density at radius 3 is 2.79 bits per heavy atom. The van der Waals surface area contributed by atoms with Crippen molar-refractivity contribution >= 4 is 17.1 Å². The van der Waals surface area contributed by atoms with Crippen molar-refractivity contribution < 1.29 is 13.6 Å². The van der Waals surface area contributed by atoms with E-state index in [1.54, 1.807) is 6.07 Å². The topological polar surface area (TPSA) is 17.1 Å². The number of hydrogen-bond donors (Lipinski definition) is 0. The molecule has 1 nitrogen and oxygen atoms in total. The van der Waals surface area contributed by atoms with Crippen LogP contribution >= 0.6 is 11.3 Å². The van der Waals surface area contributed by atoms with Crippen LogP contribution in [0.2, 0.25) is 0 Å². The standard InChI is InChI=1S/C15H12F2OS/c1-8-5-6-10(16)13(14(8)17)15(18)12-7-9-3-2-4-11(9)19-12/h5-7H,2-4H2,1H3.